The Labute approximate surface area is 155 Å². The predicted molar refractivity (Wildman–Crippen MR) is 105 cm³/mol. The molecule has 1 aromatic carbocycles. The maximum absolute atomic E-state index is 11.1. The Morgan fingerprint density at radius 3 is 2.15 bits per heavy atom. The van der Waals surface area contributed by atoms with Gasteiger partial charge in [0.05, 0.1) is 56.8 Å². The molecule has 0 aliphatic rings. The highest BCUT2D eigenvalue weighted by Crippen LogP contribution is 2.21. The summed E-state index contributed by atoms with van der Waals surface area (Å²) in [7, 11) is -1.24. The van der Waals surface area contributed by atoms with Gasteiger partial charge in [-0.2, -0.15) is 0 Å². The molecule has 148 valence electrons. The molecule has 0 fully saturated rings. The van der Waals surface area contributed by atoms with E-state index in [-0.39, 0.29) is 12.4 Å². The number of anilines is 3. The van der Waals surface area contributed by atoms with E-state index < -0.39 is 9.84 Å². The number of sulfone groups is 1. The molecule has 0 aromatic heterocycles. The molecule has 0 heterocycles. The fourth-order valence-corrected chi connectivity index (χ4v) is 2.45. The van der Waals surface area contributed by atoms with Crippen molar-refractivity contribution in [3.8, 4) is 0 Å². The van der Waals surface area contributed by atoms with Crippen molar-refractivity contribution in [3.05, 3.63) is 30.2 Å². The molecule has 0 unspecified atom stereocenters. The molecule has 0 atom stereocenters. The molecule has 0 aliphatic heterocycles. The van der Waals surface area contributed by atoms with Gasteiger partial charge < -0.3 is 30.6 Å². The molecule has 0 saturated heterocycles. The molecular formula is C17H29N3O5S. The Hall–Kier alpha value is -1.81. The second-order valence-electron chi connectivity index (χ2n) is 5.61. The van der Waals surface area contributed by atoms with Crippen molar-refractivity contribution in [1.29, 1.82) is 0 Å². The highest BCUT2D eigenvalue weighted by molar-refractivity contribution is 7.94. The molecule has 1 rings (SSSR count). The van der Waals surface area contributed by atoms with Gasteiger partial charge in [0.2, 0.25) is 0 Å². The Morgan fingerprint density at radius 2 is 1.58 bits per heavy atom. The first-order chi connectivity index (χ1) is 12.4. The number of ether oxygens (including phenoxy) is 3. The van der Waals surface area contributed by atoms with Gasteiger partial charge in [-0.15, -0.1) is 0 Å². The van der Waals surface area contributed by atoms with Crippen molar-refractivity contribution in [2.75, 3.05) is 75.4 Å². The maximum atomic E-state index is 11.1. The average molecular weight is 388 g/mol. The van der Waals surface area contributed by atoms with Gasteiger partial charge in [0.1, 0.15) is 0 Å². The van der Waals surface area contributed by atoms with Crippen LogP contribution in [-0.2, 0) is 24.0 Å². The first-order valence-corrected chi connectivity index (χ1v) is 10.0. The molecule has 0 amide bonds. The van der Waals surface area contributed by atoms with Crippen molar-refractivity contribution >= 4 is 26.9 Å². The number of rotatable bonds is 14. The average Bonchev–Trinajstić information content (AvgIpc) is 2.61. The van der Waals surface area contributed by atoms with Crippen LogP contribution in [0.1, 0.15) is 0 Å². The van der Waals surface area contributed by atoms with E-state index in [4.69, 9.17) is 25.7 Å². The lowest BCUT2D eigenvalue weighted by atomic mass is 10.2. The number of nitrogen functional groups attached to an aromatic ring is 2. The summed E-state index contributed by atoms with van der Waals surface area (Å²) >= 11 is 0. The van der Waals surface area contributed by atoms with Crippen LogP contribution < -0.4 is 16.4 Å². The van der Waals surface area contributed by atoms with Crippen LogP contribution in [0.4, 0.5) is 17.1 Å². The van der Waals surface area contributed by atoms with Crippen LogP contribution in [0.3, 0.4) is 0 Å². The van der Waals surface area contributed by atoms with Crippen LogP contribution in [0.5, 0.6) is 0 Å². The minimum absolute atomic E-state index is 0.0627. The first kappa shape index (κ1) is 22.2. The van der Waals surface area contributed by atoms with Crippen molar-refractivity contribution in [2.24, 2.45) is 0 Å². The molecule has 0 saturated carbocycles. The summed E-state index contributed by atoms with van der Waals surface area (Å²) < 4.78 is 38.3. The van der Waals surface area contributed by atoms with Crippen LogP contribution in [-0.4, -0.2) is 67.4 Å². The van der Waals surface area contributed by atoms with Gasteiger partial charge in [0, 0.05) is 24.7 Å². The zero-order valence-corrected chi connectivity index (χ0v) is 16.0. The van der Waals surface area contributed by atoms with E-state index in [1.165, 1.54) is 0 Å². The van der Waals surface area contributed by atoms with Crippen LogP contribution in [0.2, 0.25) is 0 Å². The normalized spacial score (nSPS) is 11.4. The highest BCUT2D eigenvalue weighted by Gasteiger charge is 2.04. The number of hydrogen-bond acceptors (Lipinski definition) is 8. The third kappa shape index (κ3) is 9.04. The van der Waals surface area contributed by atoms with Crippen LogP contribution >= 0.6 is 0 Å². The van der Waals surface area contributed by atoms with Crippen molar-refractivity contribution < 1.29 is 22.6 Å². The van der Waals surface area contributed by atoms with Gasteiger partial charge in [0.25, 0.3) is 0 Å². The fourth-order valence-electron chi connectivity index (χ4n) is 1.93. The summed E-state index contributed by atoms with van der Waals surface area (Å²) in [5.74, 6) is -0.0627. The van der Waals surface area contributed by atoms with Gasteiger partial charge in [-0.1, -0.05) is 6.58 Å². The number of nitrogens with zero attached hydrogens (tertiary/aromatic N) is 1. The molecule has 26 heavy (non-hydrogen) atoms. The number of likely N-dealkylation sites (N-methyl/N-ethyl adjacent to an activating group) is 1. The van der Waals surface area contributed by atoms with E-state index in [0.717, 1.165) is 11.1 Å². The Bertz CT molecular complexity index is 652. The summed E-state index contributed by atoms with van der Waals surface area (Å²) in [6.45, 7) is 6.30. The summed E-state index contributed by atoms with van der Waals surface area (Å²) in [4.78, 5) is 2.03. The molecule has 9 heteroatoms. The van der Waals surface area contributed by atoms with E-state index in [1.807, 2.05) is 24.1 Å². The lowest BCUT2D eigenvalue weighted by Gasteiger charge is -2.20. The zero-order chi connectivity index (χ0) is 19.4. The van der Waals surface area contributed by atoms with Gasteiger partial charge >= 0.3 is 0 Å². The van der Waals surface area contributed by atoms with E-state index in [2.05, 4.69) is 6.58 Å². The molecular weight excluding hydrogens is 358 g/mol. The molecule has 1 aromatic rings. The molecule has 0 bridgehead atoms. The number of benzene rings is 1. The van der Waals surface area contributed by atoms with Gasteiger partial charge in [-0.05, 0) is 18.2 Å². The van der Waals surface area contributed by atoms with E-state index in [9.17, 15) is 8.42 Å². The third-order valence-electron chi connectivity index (χ3n) is 3.59. The standard InChI is InChI=1S/C17H29N3O5S/c1-3-26(21,22)13-12-25-11-10-24-9-8-23-7-6-20(2)15-4-5-16(18)17(19)14-15/h3-5,14H,1,6-13,18-19H2,2H3. The highest BCUT2D eigenvalue weighted by atomic mass is 32.2. The predicted octanol–water partition coefficient (Wildman–Crippen LogP) is 0.895. The smallest absolute Gasteiger partial charge is 0.173 e. The lowest BCUT2D eigenvalue weighted by molar-refractivity contribution is 0.0187. The minimum Gasteiger partial charge on any atom is -0.397 e. The minimum atomic E-state index is -3.20. The fraction of sp³-hybridized carbons (Fsp3) is 0.529. The Morgan fingerprint density at radius 1 is 1.00 bits per heavy atom. The van der Waals surface area contributed by atoms with Crippen molar-refractivity contribution in [1.82, 2.24) is 0 Å². The lowest BCUT2D eigenvalue weighted by Crippen LogP contribution is -2.23. The molecule has 4 N–H and O–H groups in total. The molecule has 0 aliphatic carbocycles. The third-order valence-corrected chi connectivity index (χ3v) is 4.84. The Kier molecular flexibility index (Phi) is 10.0. The van der Waals surface area contributed by atoms with Crippen LogP contribution in [0.15, 0.2) is 30.2 Å². The summed E-state index contributed by atoms with van der Waals surface area (Å²) in [6.07, 6.45) is 0. The summed E-state index contributed by atoms with van der Waals surface area (Å²) in [6, 6.07) is 5.53. The first-order valence-electron chi connectivity index (χ1n) is 8.30. The quantitative estimate of drug-likeness (QED) is 0.357. The van der Waals surface area contributed by atoms with Crippen molar-refractivity contribution in [3.63, 3.8) is 0 Å². The second kappa shape index (κ2) is 11.7. The monoisotopic (exact) mass is 387 g/mol. The van der Waals surface area contributed by atoms with Crippen LogP contribution in [0, 0.1) is 0 Å². The summed E-state index contributed by atoms with van der Waals surface area (Å²) in [5.41, 5.74) is 13.6. The van der Waals surface area contributed by atoms with E-state index in [0.29, 0.717) is 51.0 Å². The van der Waals surface area contributed by atoms with Gasteiger partial charge in [-0.3, -0.25) is 0 Å². The topological polar surface area (TPSA) is 117 Å². The largest absolute Gasteiger partial charge is 0.397 e. The SMILES string of the molecule is C=CS(=O)(=O)CCOCCOCCOCCN(C)c1ccc(N)c(N)c1. The summed E-state index contributed by atoms with van der Waals surface area (Å²) in [5, 5.41) is 0.934. The molecule has 8 nitrogen and oxygen atoms in total. The maximum Gasteiger partial charge on any atom is 0.173 e. The molecule has 0 radical (unpaired) electrons. The van der Waals surface area contributed by atoms with Crippen LogP contribution in [0.25, 0.3) is 0 Å². The second-order valence-corrected chi connectivity index (χ2v) is 7.67. The molecule has 0 spiro atoms. The number of nitrogens with two attached hydrogens (primary N) is 2. The van der Waals surface area contributed by atoms with Gasteiger partial charge in [0.15, 0.2) is 9.84 Å². The van der Waals surface area contributed by atoms with Crippen molar-refractivity contribution in [2.45, 2.75) is 0 Å². The Balaban J connectivity index is 1.99. The number of hydrogen-bond donors (Lipinski definition) is 2. The van der Waals surface area contributed by atoms with Gasteiger partial charge in [-0.25, -0.2) is 8.42 Å². The zero-order valence-electron chi connectivity index (χ0n) is 15.2. The van der Waals surface area contributed by atoms with E-state index in [1.54, 1.807) is 6.07 Å². The van der Waals surface area contributed by atoms with E-state index >= 15 is 0 Å².